The molecule has 28 heavy (non-hydrogen) atoms. The monoisotopic (exact) mass is 479 g/mol. The molecule has 3 rings (SSSR count). The van der Waals surface area contributed by atoms with E-state index in [1.807, 2.05) is 45.0 Å². The molecule has 0 bridgehead atoms. The largest absolute Gasteiger partial charge is 0.483 e. The van der Waals surface area contributed by atoms with Crippen LogP contribution in [0.3, 0.4) is 0 Å². The number of benzene rings is 2. The van der Waals surface area contributed by atoms with E-state index < -0.39 is 0 Å². The Bertz CT molecular complexity index is 953. The molecule has 0 radical (unpaired) electrons. The maximum absolute atomic E-state index is 6.26. The Labute approximate surface area is 183 Å². The number of halogens is 2. The molecule has 0 saturated carbocycles. The Morgan fingerprint density at radius 2 is 1.89 bits per heavy atom. The number of hydrogen-bond acceptors (Lipinski definition) is 4. The average molecular weight is 481 g/mol. The van der Waals surface area contributed by atoms with E-state index in [1.165, 1.54) is 5.56 Å². The molecule has 0 saturated heterocycles. The predicted molar refractivity (Wildman–Crippen MR) is 119 cm³/mol. The second-order valence-corrected chi connectivity index (χ2v) is 8.87. The van der Waals surface area contributed by atoms with Crippen LogP contribution in [0.2, 0.25) is 5.02 Å². The van der Waals surface area contributed by atoms with Gasteiger partial charge in [-0.25, -0.2) is 0 Å². The first kappa shape index (κ1) is 21.2. The second-order valence-electron chi connectivity index (χ2n) is 6.63. The zero-order valence-corrected chi connectivity index (χ0v) is 19.5. The van der Waals surface area contributed by atoms with Crippen LogP contribution in [0.15, 0.2) is 46.0 Å². The van der Waals surface area contributed by atoms with Crippen LogP contribution in [0, 0.1) is 13.8 Å². The molecular weight excluding hydrogens is 458 g/mol. The molecule has 0 aliphatic rings. The standard InChI is InChI=1S/C21H23BrClN3OS/c1-5-26-20(15(4)27-18-9-13(2)19(23)14(3)10-18)24-25-21(26)28-12-16-7-6-8-17(22)11-16/h6-11,15H,5,12H2,1-4H3. The van der Waals surface area contributed by atoms with Crippen LogP contribution >= 0.6 is 39.3 Å². The topological polar surface area (TPSA) is 39.9 Å². The van der Waals surface area contributed by atoms with Gasteiger partial charge in [0.2, 0.25) is 0 Å². The van der Waals surface area contributed by atoms with Crippen molar-refractivity contribution >= 4 is 39.3 Å². The molecule has 148 valence electrons. The summed E-state index contributed by atoms with van der Waals surface area (Å²) >= 11 is 11.5. The van der Waals surface area contributed by atoms with Crippen LogP contribution in [0.5, 0.6) is 5.75 Å². The molecule has 0 N–H and O–H groups in total. The maximum Gasteiger partial charge on any atom is 0.191 e. The highest BCUT2D eigenvalue weighted by atomic mass is 79.9. The Kier molecular flexibility index (Phi) is 7.07. The highest BCUT2D eigenvalue weighted by molar-refractivity contribution is 9.10. The molecule has 3 aromatic rings. The van der Waals surface area contributed by atoms with Crippen molar-refractivity contribution in [2.45, 2.75) is 51.3 Å². The molecule has 7 heteroatoms. The highest BCUT2D eigenvalue weighted by Crippen LogP contribution is 2.30. The summed E-state index contributed by atoms with van der Waals surface area (Å²) in [6.45, 7) is 8.85. The molecule has 1 heterocycles. The molecule has 0 fully saturated rings. The van der Waals surface area contributed by atoms with Gasteiger partial charge in [-0.05, 0) is 68.7 Å². The van der Waals surface area contributed by atoms with E-state index in [2.05, 4.69) is 49.8 Å². The number of rotatable bonds is 7. The van der Waals surface area contributed by atoms with Gasteiger partial charge in [-0.3, -0.25) is 0 Å². The number of nitrogens with zero attached hydrogens (tertiary/aromatic N) is 3. The van der Waals surface area contributed by atoms with Gasteiger partial charge in [0.1, 0.15) is 5.75 Å². The third-order valence-electron chi connectivity index (χ3n) is 4.41. The summed E-state index contributed by atoms with van der Waals surface area (Å²) in [4.78, 5) is 0. The van der Waals surface area contributed by atoms with Crippen LogP contribution in [0.25, 0.3) is 0 Å². The molecule has 0 aliphatic carbocycles. The minimum Gasteiger partial charge on any atom is -0.483 e. The van der Waals surface area contributed by atoms with Gasteiger partial charge in [-0.2, -0.15) is 0 Å². The predicted octanol–water partition coefficient (Wildman–Crippen LogP) is 6.76. The van der Waals surface area contributed by atoms with Crippen molar-refractivity contribution in [3.63, 3.8) is 0 Å². The van der Waals surface area contributed by atoms with Gasteiger partial charge >= 0.3 is 0 Å². The molecule has 1 aromatic heterocycles. The van der Waals surface area contributed by atoms with E-state index in [0.29, 0.717) is 0 Å². The number of hydrogen-bond donors (Lipinski definition) is 0. The zero-order valence-electron chi connectivity index (χ0n) is 16.4. The summed E-state index contributed by atoms with van der Waals surface area (Å²) in [5.41, 5.74) is 3.25. The first-order valence-corrected chi connectivity index (χ1v) is 11.3. The summed E-state index contributed by atoms with van der Waals surface area (Å²) in [6, 6.07) is 12.2. The summed E-state index contributed by atoms with van der Waals surface area (Å²) in [7, 11) is 0. The zero-order chi connectivity index (χ0) is 20.3. The number of thioether (sulfide) groups is 1. The number of ether oxygens (including phenoxy) is 1. The Hall–Kier alpha value is -1.50. The van der Waals surface area contributed by atoms with Gasteiger partial charge in [0.15, 0.2) is 17.1 Å². The van der Waals surface area contributed by atoms with Crippen LogP contribution in [-0.4, -0.2) is 14.8 Å². The fourth-order valence-electron chi connectivity index (χ4n) is 3.01. The van der Waals surface area contributed by atoms with Crippen molar-refractivity contribution in [1.29, 1.82) is 0 Å². The maximum atomic E-state index is 6.26. The summed E-state index contributed by atoms with van der Waals surface area (Å²) in [6.07, 6.45) is -0.215. The third-order valence-corrected chi connectivity index (χ3v) is 6.53. The van der Waals surface area contributed by atoms with Crippen molar-refractivity contribution < 1.29 is 4.74 Å². The molecule has 4 nitrogen and oxygen atoms in total. The molecule has 1 unspecified atom stereocenters. The highest BCUT2D eigenvalue weighted by Gasteiger charge is 2.19. The van der Waals surface area contributed by atoms with Gasteiger partial charge < -0.3 is 9.30 Å². The quantitative estimate of drug-likeness (QED) is 0.350. The summed E-state index contributed by atoms with van der Waals surface area (Å²) < 4.78 is 9.35. The lowest BCUT2D eigenvalue weighted by molar-refractivity contribution is 0.209. The third kappa shape index (κ3) is 4.91. The molecule has 0 spiro atoms. The van der Waals surface area contributed by atoms with E-state index in [9.17, 15) is 0 Å². The van der Waals surface area contributed by atoms with Crippen LogP contribution in [0.4, 0.5) is 0 Å². The van der Waals surface area contributed by atoms with Crippen molar-refractivity contribution in [3.8, 4) is 5.75 Å². The van der Waals surface area contributed by atoms with Gasteiger partial charge in [-0.15, -0.1) is 10.2 Å². The van der Waals surface area contributed by atoms with E-state index >= 15 is 0 Å². The lowest BCUT2D eigenvalue weighted by Gasteiger charge is -2.17. The van der Waals surface area contributed by atoms with Crippen molar-refractivity contribution in [2.75, 3.05) is 0 Å². The molecule has 1 atom stereocenters. The van der Waals surface area contributed by atoms with Crippen LogP contribution < -0.4 is 4.74 Å². The van der Waals surface area contributed by atoms with E-state index in [4.69, 9.17) is 16.3 Å². The van der Waals surface area contributed by atoms with Crippen molar-refractivity contribution in [3.05, 3.63) is 68.4 Å². The SMILES string of the molecule is CCn1c(SCc2cccc(Br)c2)nnc1C(C)Oc1cc(C)c(Cl)c(C)c1. The fraction of sp³-hybridized carbons (Fsp3) is 0.333. The minimum atomic E-state index is -0.215. The first-order valence-electron chi connectivity index (χ1n) is 9.12. The fourth-order valence-corrected chi connectivity index (χ4v) is 4.52. The van der Waals surface area contributed by atoms with Gasteiger partial charge in [0.05, 0.1) is 0 Å². The van der Waals surface area contributed by atoms with E-state index in [1.54, 1.807) is 11.8 Å². The van der Waals surface area contributed by atoms with Gasteiger partial charge in [-0.1, -0.05) is 51.4 Å². The normalized spacial score (nSPS) is 12.2. The van der Waals surface area contributed by atoms with E-state index in [-0.39, 0.29) is 6.10 Å². The van der Waals surface area contributed by atoms with Crippen LogP contribution in [0.1, 0.15) is 42.5 Å². The van der Waals surface area contributed by atoms with E-state index in [0.717, 1.165) is 49.7 Å². The Morgan fingerprint density at radius 1 is 1.18 bits per heavy atom. The van der Waals surface area contributed by atoms with Crippen molar-refractivity contribution in [1.82, 2.24) is 14.8 Å². The van der Waals surface area contributed by atoms with Crippen LogP contribution in [-0.2, 0) is 12.3 Å². The number of aryl methyl sites for hydroxylation is 2. The second kappa shape index (κ2) is 9.33. The van der Waals surface area contributed by atoms with Crippen molar-refractivity contribution in [2.24, 2.45) is 0 Å². The molecule has 0 aliphatic heterocycles. The Morgan fingerprint density at radius 3 is 2.54 bits per heavy atom. The van der Waals surface area contributed by atoms with Gasteiger partial charge in [0.25, 0.3) is 0 Å². The number of aromatic nitrogens is 3. The average Bonchev–Trinajstić information content (AvgIpc) is 3.07. The first-order chi connectivity index (χ1) is 13.4. The molecule has 0 amide bonds. The molecular formula is C21H23BrClN3OS. The molecule has 2 aromatic carbocycles. The lowest BCUT2D eigenvalue weighted by atomic mass is 10.1. The smallest absolute Gasteiger partial charge is 0.191 e. The lowest BCUT2D eigenvalue weighted by Crippen LogP contribution is -2.12. The minimum absolute atomic E-state index is 0.215. The van der Waals surface area contributed by atoms with Gasteiger partial charge in [0, 0.05) is 21.8 Å². The summed E-state index contributed by atoms with van der Waals surface area (Å²) in [5.74, 6) is 2.45. The Balaban J connectivity index is 1.75. The summed E-state index contributed by atoms with van der Waals surface area (Å²) in [5, 5.41) is 10.5.